The lowest BCUT2D eigenvalue weighted by Gasteiger charge is -2.17. The smallest absolute Gasteiger partial charge is 0.260 e. The summed E-state index contributed by atoms with van der Waals surface area (Å²) in [5.74, 6) is 1.01. The van der Waals surface area contributed by atoms with Gasteiger partial charge in [0.1, 0.15) is 11.5 Å². The van der Waals surface area contributed by atoms with E-state index in [0.717, 1.165) is 36.8 Å². The third kappa shape index (κ3) is 9.43. The maximum Gasteiger partial charge on any atom is 0.260 e. The summed E-state index contributed by atoms with van der Waals surface area (Å²) in [4.78, 5) is 24.5. The molecule has 2 aromatic rings. The average molecular weight is 509 g/mol. The zero-order valence-corrected chi connectivity index (χ0v) is 21.8. The summed E-state index contributed by atoms with van der Waals surface area (Å²) in [6.45, 7) is 8.41. The third-order valence-electron chi connectivity index (χ3n) is 5.32. The van der Waals surface area contributed by atoms with Crippen LogP contribution in [0.25, 0.3) is 0 Å². The van der Waals surface area contributed by atoms with Gasteiger partial charge in [-0.15, -0.1) is 0 Å². The van der Waals surface area contributed by atoms with E-state index in [-0.39, 0.29) is 11.8 Å². The van der Waals surface area contributed by atoms with Gasteiger partial charge in [-0.05, 0) is 88.1 Å². The molecule has 2 amide bonds. The Morgan fingerprint density at radius 3 is 1.47 bits per heavy atom. The third-order valence-corrected chi connectivity index (χ3v) is 5.79. The van der Waals surface area contributed by atoms with Crippen molar-refractivity contribution in [3.05, 3.63) is 57.6 Å². The number of halogens is 2. The Kier molecular flexibility index (Phi) is 11.5. The highest BCUT2D eigenvalue weighted by atomic mass is 35.5. The lowest BCUT2D eigenvalue weighted by Crippen LogP contribution is -2.37. The maximum absolute atomic E-state index is 12.2. The summed E-state index contributed by atoms with van der Waals surface area (Å²) < 4.78 is 11.5. The van der Waals surface area contributed by atoms with Crippen LogP contribution in [-0.4, -0.2) is 37.1 Å². The van der Waals surface area contributed by atoms with E-state index in [4.69, 9.17) is 32.7 Å². The van der Waals surface area contributed by atoms with E-state index in [1.165, 1.54) is 0 Å². The fourth-order valence-corrected chi connectivity index (χ4v) is 3.75. The fraction of sp³-hybridized carbons (Fsp3) is 0.462. The second-order valence-electron chi connectivity index (χ2n) is 8.34. The highest BCUT2D eigenvalue weighted by Crippen LogP contribution is 2.23. The quantitative estimate of drug-likeness (QED) is 0.343. The number of amides is 2. The molecule has 0 bridgehead atoms. The van der Waals surface area contributed by atoms with Gasteiger partial charge < -0.3 is 20.1 Å². The highest BCUT2D eigenvalue weighted by Gasteiger charge is 2.16. The normalized spacial score (nSPS) is 12.5. The van der Waals surface area contributed by atoms with Crippen LogP contribution in [0.5, 0.6) is 11.5 Å². The molecule has 2 aromatic carbocycles. The number of carbonyl (C=O) groups excluding carboxylic acids is 2. The largest absolute Gasteiger partial charge is 0.481 e. The average Bonchev–Trinajstić information content (AvgIpc) is 2.78. The minimum atomic E-state index is -0.587. The molecule has 2 rings (SSSR count). The Balaban J connectivity index is 1.54. The number of hydrogen-bond acceptors (Lipinski definition) is 4. The van der Waals surface area contributed by atoms with E-state index in [2.05, 4.69) is 10.6 Å². The number of rotatable bonds is 13. The van der Waals surface area contributed by atoms with Crippen molar-refractivity contribution in [1.82, 2.24) is 10.6 Å². The minimum absolute atomic E-state index is 0.147. The number of nitrogens with one attached hydrogen (secondary N) is 2. The van der Waals surface area contributed by atoms with E-state index in [9.17, 15) is 9.59 Å². The molecule has 2 N–H and O–H groups in total. The van der Waals surface area contributed by atoms with Gasteiger partial charge in [0.25, 0.3) is 11.8 Å². The molecule has 2 atom stereocenters. The molecule has 0 saturated carbocycles. The van der Waals surface area contributed by atoms with Gasteiger partial charge >= 0.3 is 0 Å². The number of carbonyl (C=O) groups is 2. The molecule has 0 saturated heterocycles. The number of benzene rings is 2. The molecule has 0 spiro atoms. The SMILES string of the molecule is Cc1cc(Cl)ccc1O[C@H](C)C(=O)NCCCCCCNC(=O)[C@@H](C)Oc1ccc(Cl)cc1C. The van der Waals surface area contributed by atoms with Crippen molar-refractivity contribution < 1.29 is 19.1 Å². The van der Waals surface area contributed by atoms with Gasteiger partial charge in [0.05, 0.1) is 0 Å². The molecule has 0 aliphatic carbocycles. The zero-order chi connectivity index (χ0) is 25.1. The van der Waals surface area contributed by atoms with Gasteiger partial charge in [0, 0.05) is 23.1 Å². The van der Waals surface area contributed by atoms with E-state index in [0.29, 0.717) is 34.6 Å². The molecule has 0 aliphatic heterocycles. The summed E-state index contributed by atoms with van der Waals surface area (Å²) in [5, 5.41) is 7.08. The van der Waals surface area contributed by atoms with Crippen molar-refractivity contribution in [2.45, 2.75) is 65.6 Å². The van der Waals surface area contributed by atoms with Crippen molar-refractivity contribution in [3.63, 3.8) is 0 Å². The molecule has 6 nitrogen and oxygen atoms in total. The number of unbranched alkanes of at least 4 members (excludes halogenated alkanes) is 3. The predicted octanol–water partition coefficient (Wildman–Crippen LogP) is 5.64. The molecular formula is C26H34Cl2N2O4. The van der Waals surface area contributed by atoms with Crippen LogP contribution in [0.3, 0.4) is 0 Å². The van der Waals surface area contributed by atoms with Gasteiger partial charge in [-0.2, -0.15) is 0 Å². The number of hydrogen-bond donors (Lipinski definition) is 2. The molecule has 0 fully saturated rings. The number of ether oxygens (including phenoxy) is 2. The standard InChI is InChI=1S/C26H34Cl2N2O4/c1-17-15-21(27)9-11-23(17)33-19(3)25(31)29-13-7-5-6-8-14-30-26(32)20(4)34-24-12-10-22(28)16-18(24)2/h9-12,15-16,19-20H,5-8,13-14H2,1-4H3,(H,29,31)(H,30,32)/t19-,20-/m1/s1. The lowest BCUT2D eigenvalue weighted by atomic mass is 10.2. The van der Waals surface area contributed by atoms with Crippen LogP contribution in [0.1, 0.15) is 50.7 Å². The molecular weight excluding hydrogens is 475 g/mol. The van der Waals surface area contributed by atoms with Crippen LogP contribution in [-0.2, 0) is 9.59 Å². The molecule has 0 radical (unpaired) electrons. The first kappa shape index (κ1) is 27.8. The van der Waals surface area contributed by atoms with Crippen molar-refractivity contribution in [2.24, 2.45) is 0 Å². The van der Waals surface area contributed by atoms with Crippen molar-refractivity contribution in [2.75, 3.05) is 13.1 Å². The lowest BCUT2D eigenvalue weighted by molar-refractivity contribution is -0.128. The fourth-order valence-electron chi connectivity index (χ4n) is 3.29. The molecule has 34 heavy (non-hydrogen) atoms. The summed E-state index contributed by atoms with van der Waals surface area (Å²) in [6, 6.07) is 10.6. The highest BCUT2D eigenvalue weighted by molar-refractivity contribution is 6.31. The van der Waals surface area contributed by atoms with Gasteiger partial charge in [-0.25, -0.2) is 0 Å². The second kappa shape index (κ2) is 14.1. The van der Waals surface area contributed by atoms with Crippen LogP contribution in [0.4, 0.5) is 0 Å². The molecule has 0 aromatic heterocycles. The molecule has 0 aliphatic rings. The van der Waals surface area contributed by atoms with E-state index < -0.39 is 12.2 Å². The first-order valence-electron chi connectivity index (χ1n) is 11.6. The van der Waals surface area contributed by atoms with Crippen molar-refractivity contribution in [1.29, 1.82) is 0 Å². The monoisotopic (exact) mass is 508 g/mol. The van der Waals surface area contributed by atoms with Crippen molar-refractivity contribution in [3.8, 4) is 11.5 Å². The first-order valence-corrected chi connectivity index (χ1v) is 12.3. The molecule has 0 unspecified atom stereocenters. The topological polar surface area (TPSA) is 76.7 Å². The maximum atomic E-state index is 12.2. The van der Waals surface area contributed by atoms with Crippen LogP contribution < -0.4 is 20.1 Å². The Labute approximate surface area is 212 Å². The van der Waals surface area contributed by atoms with Gasteiger partial charge in [-0.1, -0.05) is 36.0 Å². The van der Waals surface area contributed by atoms with Crippen molar-refractivity contribution >= 4 is 35.0 Å². The second-order valence-corrected chi connectivity index (χ2v) is 9.21. The number of aryl methyl sites for hydroxylation is 2. The first-order chi connectivity index (χ1) is 16.2. The van der Waals surface area contributed by atoms with E-state index in [1.54, 1.807) is 50.2 Å². The van der Waals surface area contributed by atoms with Gasteiger partial charge in [0.2, 0.25) is 0 Å². The summed E-state index contributed by atoms with van der Waals surface area (Å²) in [5.41, 5.74) is 1.78. The van der Waals surface area contributed by atoms with Gasteiger partial charge in [0.15, 0.2) is 12.2 Å². The summed E-state index contributed by atoms with van der Waals surface area (Å²) in [6.07, 6.45) is 2.46. The minimum Gasteiger partial charge on any atom is -0.481 e. The molecule has 8 heteroatoms. The Morgan fingerprint density at radius 2 is 1.12 bits per heavy atom. The summed E-state index contributed by atoms with van der Waals surface area (Å²) in [7, 11) is 0. The summed E-state index contributed by atoms with van der Waals surface area (Å²) >= 11 is 11.9. The Bertz CT molecular complexity index is 890. The predicted molar refractivity (Wildman–Crippen MR) is 137 cm³/mol. The Hall–Kier alpha value is -2.44. The molecule has 186 valence electrons. The van der Waals surface area contributed by atoms with E-state index in [1.807, 2.05) is 13.8 Å². The Morgan fingerprint density at radius 1 is 0.735 bits per heavy atom. The molecule has 0 heterocycles. The van der Waals surface area contributed by atoms with Crippen LogP contribution in [0.2, 0.25) is 10.0 Å². The van der Waals surface area contributed by atoms with Crippen LogP contribution in [0.15, 0.2) is 36.4 Å². The van der Waals surface area contributed by atoms with Crippen LogP contribution in [0, 0.1) is 13.8 Å². The van der Waals surface area contributed by atoms with Crippen LogP contribution >= 0.6 is 23.2 Å². The van der Waals surface area contributed by atoms with E-state index >= 15 is 0 Å². The van der Waals surface area contributed by atoms with Gasteiger partial charge in [-0.3, -0.25) is 9.59 Å². The zero-order valence-electron chi connectivity index (χ0n) is 20.3.